The van der Waals surface area contributed by atoms with Crippen LogP contribution in [0.1, 0.15) is 40.0 Å². The molecular weight excluding hydrogens is 164 g/mol. The molecular formula is C9H18N4. The fourth-order valence-corrected chi connectivity index (χ4v) is 1.09. The predicted octanol–water partition coefficient (Wildman–Crippen LogP) is 3.33. The normalized spacial score (nSPS) is 13.2. The Kier molecular flexibility index (Phi) is 5.16. The molecule has 74 valence electrons. The number of nitrogens with zero attached hydrogens (tertiary/aromatic N) is 4. The van der Waals surface area contributed by atoms with E-state index < -0.39 is 0 Å². The highest BCUT2D eigenvalue weighted by molar-refractivity contribution is 5.23. The largest absolute Gasteiger partial charge is 0.298 e. The van der Waals surface area contributed by atoms with Crippen molar-refractivity contribution in [2.45, 2.75) is 51.6 Å². The zero-order valence-electron chi connectivity index (χ0n) is 8.69. The van der Waals surface area contributed by atoms with E-state index in [0.717, 1.165) is 19.3 Å². The predicted molar refractivity (Wildman–Crippen MR) is 56.1 cm³/mol. The fourth-order valence-electron chi connectivity index (χ4n) is 1.09. The van der Waals surface area contributed by atoms with Gasteiger partial charge in [0.15, 0.2) is 0 Å². The van der Waals surface area contributed by atoms with E-state index in [-0.39, 0.29) is 5.54 Å². The molecule has 0 N–H and O–H groups in total. The van der Waals surface area contributed by atoms with Gasteiger partial charge in [0, 0.05) is 16.5 Å². The van der Waals surface area contributed by atoms with Crippen LogP contribution in [0.15, 0.2) is 10.1 Å². The van der Waals surface area contributed by atoms with Crippen LogP contribution in [0, 0.1) is 0 Å². The molecule has 0 saturated heterocycles. The number of azide groups is 1. The van der Waals surface area contributed by atoms with Gasteiger partial charge in [0.1, 0.15) is 0 Å². The topological polar surface area (TPSA) is 61.1 Å². The van der Waals surface area contributed by atoms with E-state index in [0.29, 0.717) is 6.04 Å². The first-order valence-corrected chi connectivity index (χ1v) is 4.54. The Balaban J connectivity index is 3.75. The van der Waals surface area contributed by atoms with Crippen LogP contribution in [0.3, 0.4) is 0 Å². The molecule has 0 aliphatic carbocycles. The van der Waals surface area contributed by atoms with Gasteiger partial charge in [0.25, 0.3) is 0 Å². The maximum atomic E-state index is 8.29. The van der Waals surface area contributed by atoms with E-state index in [2.05, 4.69) is 21.7 Å². The van der Waals surface area contributed by atoms with Crippen LogP contribution < -0.4 is 0 Å². The molecule has 0 saturated carbocycles. The second-order valence-electron chi connectivity index (χ2n) is 3.93. The fraction of sp³-hybridized carbons (Fsp3) is 0.889. The second kappa shape index (κ2) is 5.60. The van der Waals surface area contributed by atoms with Gasteiger partial charge in [-0.1, -0.05) is 25.4 Å². The lowest BCUT2D eigenvalue weighted by molar-refractivity contribution is 0.438. The molecule has 0 aromatic rings. The third-order valence-corrected chi connectivity index (χ3v) is 2.04. The Morgan fingerprint density at radius 1 is 1.54 bits per heavy atom. The van der Waals surface area contributed by atoms with Crippen LogP contribution in [-0.2, 0) is 0 Å². The number of hydrogen-bond acceptors (Lipinski definition) is 2. The maximum Gasteiger partial charge on any atom is 0.0464 e. The lowest BCUT2D eigenvalue weighted by Gasteiger charge is -2.17. The summed E-state index contributed by atoms with van der Waals surface area (Å²) in [6, 6.07) is 0.307. The molecule has 0 aliphatic rings. The zero-order valence-corrected chi connectivity index (χ0v) is 8.69. The first-order chi connectivity index (χ1) is 6.02. The molecule has 0 heterocycles. The van der Waals surface area contributed by atoms with Crippen molar-refractivity contribution in [2.75, 3.05) is 0 Å². The summed E-state index contributed by atoms with van der Waals surface area (Å²) in [5.41, 5.74) is 8.02. The van der Waals surface area contributed by atoms with Crippen LogP contribution in [-0.4, -0.2) is 18.3 Å². The Hall–Kier alpha value is -1.02. The van der Waals surface area contributed by atoms with Crippen LogP contribution in [0.2, 0.25) is 0 Å². The van der Waals surface area contributed by atoms with E-state index in [9.17, 15) is 0 Å². The van der Waals surface area contributed by atoms with Crippen molar-refractivity contribution in [1.82, 2.24) is 0 Å². The zero-order chi connectivity index (χ0) is 10.3. The monoisotopic (exact) mass is 182 g/mol. The van der Waals surface area contributed by atoms with Crippen LogP contribution in [0.5, 0.6) is 0 Å². The third kappa shape index (κ3) is 6.17. The molecule has 0 bridgehead atoms. The number of rotatable bonds is 6. The lowest BCUT2D eigenvalue weighted by Crippen LogP contribution is -2.15. The minimum atomic E-state index is -0.268. The van der Waals surface area contributed by atoms with Gasteiger partial charge < -0.3 is 0 Å². The van der Waals surface area contributed by atoms with Gasteiger partial charge in [-0.3, -0.25) is 4.99 Å². The van der Waals surface area contributed by atoms with Crippen molar-refractivity contribution in [3.8, 4) is 0 Å². The minimum Gasteiger partial charge on any atom is -0.298 e. The van der Waals surface area contributed by atoms with Crippen molar-refractivity contribution in [1.29, 1.82) is 0 Å². The van der Waals surface area contributed by atoms with Crippen molar-refractivity contribution in [3.63, 3.8) is 0 Å². The molecule has 1 unspecified atom stereocenters. The number of hydrogen-bond donors (Lipinski definition) is 0. The summed E-state index contributed by atoms with van der Waals surface area (Å²) in [7, 11) is 0. The first kappa shape index (κ1) is 12.0. The summed E-state index contributed by atoms with van der Waals surface area (Å²) < 4.78 is 0. The Morgan fingerprint density at radius 2 is 2.15 bits per heavy atom. The molecule has 0 spiro atoms. The van der Waals surface area contributed by atoms with E-state index in [1.165, 1.54) is 0 Å². The molecule has 13 heavy (non-hydrogen) atoms. The summed E-state index contributed by atoms with van der Waals surface area (Å²) in [4.78, 5) is 6.72. The second-order valence-corrected chi connectivity index (χ2v) is 3.93. The van der Waals surface area contributed by atoms with Crippen LogP contribution in [0.4, 0.5) is 0 Å². The SMILES string of the molecule is C=NC(C)CCCC(C)(C)N=[N+]=[N-]. The molecule has 0 fully saturated rings. The molecule has 0 rings (SSSR count). The summed E-state index contributed by atoms with van der Waals surface area (Å²) in [5, 5.41) is 3.71. The Labute approximate surface area is 79.7 Å². The highest BCUT2D eigenvalue weighted by atomic mass is 15.2. The quantitative estimate of drug-likeness (QED) is 0.262. The third-order valence-electron chi connectivity index (χ3n) is 2.04. The highest BCUT2D eigenvalue weighted by Gasteiger charge is 2.14. The minimum absolute atomic E-state index is 0.268. The van der Waals surface area contributed by atoms with E-state index in [1.54, 1.807) is 0 Å². The van der Waals surface area contributed by atoms with Gasteiger partial charge in [0.05, 0.1) is 0 Å². The summed E-state index contributed by atoms with van der Waals surface area (Å²) in [6.07, 6.45) is 2.93. The summed E-state index contributed by atoms with van der Waals surface area (Å²) in [6.45, 7) is 9.40. The van der Waals surface area contributed by atoms with Gasteiger partial charge in [-0.2, -0.15) is 0 Å². The summed E-state index contributed by atoms with van der Waals surface area (Å²) in [5.74, 6) is 0. The van der Waals surface area contributed by atoms with Gasteiger partial charge in [-0.15, -0.1) is 0 Å². The first-order valence-electron chi connectivity index (χ1n) is 4.54. The van der Waals surface area contributed by atoms with Crippen molar-refractivity contribution in [2.24, 2.45) is 10.1 Å². The molecule has 0 aromatic heterocycles. The molecule has 4 nitrogen and oxygen atoms in total. The average Bonchev–Trinajstić information content (AvgIpc) is 2.03. The Bertz CT molecular complexity index is 204. The molecule has 4 heteroatoms. The number of aliphatic imine (C=N–C) groups is 1. The van der Waals surface area contributed by atoms with Crippen LogP contribution >= 0.6 is 0 Å². The molecule has 0 radical (unpaired) electrons. The molecule has 0 amide bonds. The van der Waals surface area contributed by atoms with Gasteiger partial charge in [-0.25, -0.2) is 0 Å². The average molecular weight is 182 g/mol. The Morgan fingerprint density at radius 3 is 2.62 bits per heavy atom. The van der Waals surface area contributed by atoms with Crippen molar-refractivity contribution >= 4 is 6.72 Å². The maximum absolute atomic E-state index is 8.29. The highest BCUT2D eigenvalue weighted by Crippen LogP contribution is 2.18. The van der Waals surface area contributed by atoms with Crippen molar-refractivity contribution in [3.05, 3.63) is 10.4 Å². The van der Waals surface area contributed by atoms with Gasteiger partial charge >= 0.3 is 0 Å². The molecule has 0 aromatic carbocycles. The van der Waals surface area contributed by atoms with Crippen LogP contribution in [0.25, 0.3) is 10.4 Å². The van der Waals surface area contributed by atoms with E-state index in [4.69, 9.17) is 5.53 Å². The van der Waals surface area contributed by atoms with Gasteiger partial charge in [0.2, 0.25) is 0 Å². The van der Waals surface area contributed by atoms with Gasteiger partial charge in [-0.05, 0) is 32.0 Å². The van der Waals surface area contributed by atoms with E-state index in [1.807, 2.05) is 20.8 Å². The smallest absolute Gasteiger partial charge is 0.0464 e. The van der Waals surface area contributed by atoms with Crippen molar-refractivity contribution < 1.29 is 0 Å². The molecule has 0 aliphatic heterocycles. The van der Waals surface area contributed by atoms with E-state index >= 15 is 0 Å². The summed E-state index contributed by atoms with van der Waals surface area (Å²) >= 11 is 0. The standard InChI is InChI=1S/C9H18N4/c1-8(11-4)6-5-7-9(2,3)12-13-10/h8H,4-7H2,1-3H3. The lowest BCUT2D eigenvalue weighted by atomic mass is 9.97. The molecule has 1 atom stereocenters.